The fraction of sp³-hybridized carbons (Fsp3) is 0.0714. The molecule has 7 heteroatoms. The third-order valence-electron chi connectivity index (χ3n) is 2.84. The van der Waals surface area contributed by atoms with Crippen LogP contribution in [0.25, 0.3) is 0 Å². The largest absolute Gasteiger partial charge is 0.380 e. The van der Waals surface area contributed by atoms with Crippen LogP contribution in [0.1, 0.15) is 11.1 Å². The normalized spacial score (nSPS) is 9.95. The van der Waals surface area contributed by atoms with Gasteiger partial charge in [0.1, 0.15) is 17.4 Å². The zero-order valence-corrected chi connectivity index (χ0v) is 12.2. The molecule has 0 spiro atoms. The second kappa shape index (κ2) is 6.33. The number of nitriles is 1. The lowest BCUT2D eigenvalue weighted by Crippen LogP contribution is -2.05. The summed E-state index contributed by atoms with van der Waals surface area (Å²) in [5, 5.41) is 22.8. The topological polar surface area (TPSA) is 79.0 Å². The van der Waals surface area contributed by atoms with Crippen molar-refractivity contribution in [3.8, 4) is 6.07 Å². The molecule has 0 fully saturated rings. The molecule has 0 heterocycles. The highest BCUT2D eigenvalue weighted by atomic mass is 79.9. The van der Waals surface area contributed by atoms with E-state index >= 15 is 0 Å². The minimum Gasteiger partial charge on any atom is -0.380 e. The molecule has 0 radical (unpaired) electrons. The number of nitro groups is 1. The van der Waals surface area contributed by atoms with Crippen LogP contribution in [0.15, 0.2) is 40.9 Å². The van der Waals surface area contributed by atoms with Crippen molar-refractivity contribution in [2.45, 2.75) is 6.54 Å². The minimum atomic E-state index is -0.632. The fourth-order valence-corrected chi connectivity index (χ4v) is 2.18. The molecule has 0 saturated carbocycles. The molecule has 106 valence electrons. The molecule has 0 amide bonds. The smallest absolute Gasteiger partial charge is 0.275 e. The maximum atomic E-state index is 13.5. The highest BCUT2D eigenvalue weighted by molar-refractivity contribution is 9.10. The lowest BCUT2D eigenvalue weighted by molar-refractivity contribution is -0.385. The van der Waals surface area contributed by atoms with E-state index in [-0.39, 0.29) is 17.8 Å². The number of rotatable bonds is 4. The molecule has 1 N–H and O–H groups in total. The minimum absolute atomic E-state index is 0.0493. The van der Waals surface area contributed by atoms with Gasteiger partial charge in [0.15, 0.2) is 0 Å². The predicted molar refractivity (Wildman–Crippen MR) is 79.2 cm³/mol. The Kier molecular flexibility index (Phi) is 4.50. The molecule has 2 aromatic carbocycles. The number of benzene rings is 2. The van der Waals surface area contributed by atoms with Crippen LogP contribution in [0.2, 0.25) is 0 Å². The van der Waals surface area contributed by atoms with Gasteiger partial charge in [-0.15, -0.1) is 0 Å². The van der Waals surface area contributed by atoms with Gasteiger partial charge in [0.2, 0.25) is 0 Å². The first-order valence-corrected chi connectivity index (χ1v) is 6.67. The van der Waals surface area contributed by atoms with Crippen molar-refractivity contribution in [3.05, 3.63) is 67.9 Å². The zero-order valence-electron chi connectivity index (χ0n) is 10.6. The monoisotopic (exact) mass is 349 g/mol. The summed E-state index contributed by atoms with van der Waals surface area (Å²) in [5.74, 6) is -0.632. The molecule has 0 aromatic heterocycles. The summed E-state index contributed by atoms with van der Waals surface area (Å²) in [6.45, 7) is 0.113. The quantitative estimate of drug-likeness (QED) is 0.668. The van der Waals surface area contributed by atoms with Gasteiger partial charge in [0.25, 0.3) is 5.69 Å². The molecule has 0 unspecified atom stereocenters. The average Bonchev–Trinajstić information content (AvgIpc) is 2.45. The first-order valence-electron chi connectivity index (χ1n) is 5.88. The van der Waals surface area contributed by atoms with Crippen LogP contribution >= 0.6 is 15.9 Å². The molecule has 5 nitrogen and oxygen atoms in total. The molecule has 0 aliphatic rings. The molecule has 2 rings (SSSR count). The summed E-state index contributed by atoms with van der Waals surface area (Å²) < 4.78 is 14.1. The van der Waals surface area contributed by atoms with Gasteiger partial charge in [-0.05, 0) is 24.3 Å². The van der Waals surface area contributed by atoms with Crippen molar-refractivity contribution >= 4 is 27.3 Å². The van der Waals surface area contributed by atoms with Crippen molar-refractivity contribution < 1.29 is 9.31 Å². The summed E-state index contributed by atoms with van der Waals surface area (Å²) >= 11 is 3.18. The van der Waals surface area contributed by atoms with E-state index in [0.717, 1.165) is 0 Å². The lowest BCUT2D eigenvalue weighted by Gasteiger charge is -2.09. The maximum Gasteiger partial charge on any atom is 0.275 e. The number of nitro benzene ring substituents is 1. The van der Waals surface area contributed by atoms with E-state index in [0.29, 0.717) is 15.7 Å². The molecule has 21 heavy (non-hydrogen) atoms. The molecule has 2 aromatic rings. The van der Waals surface area contributed by atoms with Gasteiger partial charge in [-0.2, -0.15) is 5.26 Å². The van der Waals surface area contributed by atoms with Crippen molar-refractivity contribution in [1.29, 1.82) is 5.26 Å². The van der Waals surface area contributed by atoms with E-state index in [9.17, 15) is 14.5 Å². The third kappa shape index (κ3) is 3.35. The van der Waals surface area contributed by atoms with Crippen LogP contribution in [-0.2, 0) is 6.54 Å². The number of nitrogens with one attached hydrogen (secondary N) is 1. The first kappa shape index (κ1) is 14.9. The van der Waals surface area contributed by atoms with Gasteiger partial charge < -0.3 is 5.32 Å². The highest BCUT2D eigenvalue weighted by Crippen LogP contribution is 2.25. The molecular formula is C14H9BrFN3O2. The predicted octanol–water partition coefficient (Wildman–Crippen LogP) is 3.98. The SMILES string of the molecule is N#Cc1c(F)cccc1NCc1ccc(Br)cc1[N+](=O)[O-]. The van der Waals surface area contributed by atoms with Crippen LogP contribution in [0.3, 0.4) is 0 Å². The summed E-state index contributed by atoms with van der Waals surface area (Å²) in [6, 6.07) is 10.6. The number of halogens is 2. The van der Waals surface area contributed by atoms with Gasteiger partial charge in [-0.25, -0.2) is 4.39 Å². The van der Waals surface area contributed by atoms with E-state index in [1.165, 1.54) is 18.2 Å². The Labute approximate surface area is 128 Å². The van der Waals surface area contributed by atoms with Crippen molar-refractivity contribution in [2.24, 2.45) is 0 Å². The first-order chi connectivity index (χ1) is 10.0. The Morgan fingerprint density at radius 2 is 2.14 bits per heavy atom. The Morgan fingerprint density at radius 3 is 2.81 bits per heavy atom. The molecule has 0 aliphatic carbocycles. The average molecular weight is 350 g/mol. The van der Waals surface area contributed by atoms with Gasteiger partial charge in [0.05, 0.1) is 10.6 Å². The maximum absolute atomic E-state index is 13.5. The highest BCUT2D eigenvalue weighted by Gasteiger charge is 2.15. The summed E-state index contributed by atoms with van der Waals surface area (Å²) in [6.07, 6.45) is 0. The number of hydrogen-bond acceptors (Lipinski definition) is 4. The van der Waals surface area contributed by atoms with Crippen LogP contribution in [0, 0.1) is 27.3 Å². The fourth-order valence-electron chi connectivity index (χ4n) is 1.83. The number of anilines is 1. The van der Waals surface area contributed by atoms with Crippen molar-refractivity contribution in [2.75, 3.05) is 5.32 Å². The molecule has 0 atom stereocenters. The Hall–Kier alpha value is -2.46. The Balaban J connectivity index is 2.28. The van der Waals surface area contributed by atoms with Crippen LogP contribution < -0.4 is 5.32 Å². The van der Waals surface area contributed by atoms with Crippen molar-refractivity contribution in [3.63, 3.8) is 0 Å². The number of hydrogen-bond donors (Lipinski definition) is 1. The number of nitrogens with zero attached hydrogens (tertiary/aromatic N) is 2. The van der Waals surface area contributed by atoms with E-state index in [4.69, 9.17) is 5.26 Å². The summed E-state index contributed by atoms with van der Waals surface area (Å²) in [5.41, 5.74) is 0.579. The van der Waals surface area contributed by atoms with Crippen molar-refractivity contribution in [1.82, 2.24) is 0 Å². The van der Waals surface area contributed by atoms with Gasteiger partial charge in [-0.3, -0.25) is 10.1 Å². The third-order valence-corrected chi connectivity index (χ3v) is 3.33. The molecule has 0 bridgehead atoms. The summed E-state index contributed by atoms with van der Waals surface area (Å²) in [7, 11) is 0. The van der Waals surface area contributed by atoms with E-state index in [2.05, 4.69) is 21.2 Å². The van der Waals surface area contributed by atoms with E-state index < -0.39 is 10.7 Å². The Bertz CT molecular complexity index is 743. The summed E-state index contributed by atoms with van der Waals surface area (Å²) in [4.78, 5) is 10.5. The van der Waals surface area contributed by atoms with E-state index in [1.807, 2.05) is 0 Å². The van der Waals surface area contributed by atoms with Gasteiger partial charge >= 0.3 is 0 Å². The molecule has 0 saturated heterocycles. The zero-order chi connectivity index (χ0) is 15.4. The second-order valence-corrected chi connectivity index (χ2v) is 5.07. The molecule has 0 aliphatic heterocycles. The second-order valence-electron chi connectivity index (χ2n) is 4.16. The standard InChI is InChI=1S/C14H9BrFN3O2/c15-10-5-4-9(14(6-10)19(20)21)8-18-13-3-1-2-12(16)11(13)7-17/h1-6,18H,8H2. The lowest BCUT2D eigenvalue weighted by atomic mass is 10.1. The van der Waals surface area contributed by atoms with Gasteiger partial charge in [-0.1, -0.05) is 22.0 Å². The Morgan fingerprint density at radius 1 is 1.38 bits per heavy atom. The van der Waals surface area contributed by atoms with Crippen LogP contribution in [-0.4, -0.2) is 4.92 Å². The molecular weight excluding hydrogens is 341 g/mol. The van der Waals surface area contributed by atoms with Gasteiger partial charge in [0, 0.05) is 22.6 Å². The van der Waals surface area contributed by atoms with E-state index in [1.54, 1.807) is 24.3 Å². The van der Waals surface area contributed by atoms with Crippen LogP contribution in [0.4, 0.5) is 15.8 Å². The van der Waals surface area contributed by atoms with Crippen LogP contribution in [0.5, 0.6) is 0 Å².